The fourth-order valence-corrected chi connectivity index (χ4v) is 3.37. The van der Waals surface area contributed by atoms with Gasteiger partial charge in [-0.25, -0.2) is 0 Å². The summed E-state index contributed by atoms with van der Waals surface area (Å²) in [5.74, 6) is 0. The minimum Gasteiger partial charge on any atom is -0.282 e. The third kappa shape index (κ3) is 2.94. The van der Waals surface area contributed by atoms with Crippen LogP contribution in [0.4, 0.5) is 11.4 Å². The summed E-state index contributed by atoms with van der Waals surface area (Å²) >= 11 is 2.40. The molecule has 0 aliphatic carbocycles. The summed E-state index contributed by atoms with van der Waals surface area (Å²) in [4.78, 5) is 0. The van der Waals surface area contributed by atoms with Crippen molar-refractivity contribution in [2.75, 3.05) is 3.11 Å². The Morgan fingerprint density at radius 1 is 0.684 bits per heavy atom. The van der Waals surface area contributed by atoms with Crippen molar-refractivity contribution in [2.24, 2.45) is 0 Å². The predicted molar refractivity (Wildman–Crippen MR) is 92.7 cm³/mol. The molecular weight excluding hydrogens is 345 g/mol. The Bertz CT molecular complexity index is 617. The van der Waals surface area contributed by atoms with Crippen LogP contribution in [0.3, 0.4) is 0 Å². The summed E-state index contributed by atoms with van der Waals surface area (Å²) in [6.45, 7) is 10.8. The molecule has 2 heteroatoms. The summed E-state index contributed by atoms with van der Waals surface area (Å²) in [6, 6.07) is 11.1. The minimum absolute atomic E-state index is 1.26. The van der Waals surface area contributed by atoms with Crippen LogP contribution in [0.5, 0.6) is 0 Å². The van der Waals surface area contributed by atoms with Gasteiger partial charge in [0.2, 0.25) is 0 Å². The molecule has 100 valence electrons. The number of halogens is 1. The van der Waals surface area contributed by atoms with Crippen LogP contribution in [0.25, 0.3) is 0 Å². The second-order valence-corrected chi connectivity index (χ2v) is 6.26. The Morgan fingerprint density at radius 3 is 1.89 bits per heavy atom. The van der Waals surface area contributed by atoms with Gasteiger partial charge in [0.15, 0.2) is 0 Å². The van der Waals surface area contributed by atoms with Crippen LogP contribution in [-0.4, -0.2) is 0 Å². The van der Waals surface area contributed by atoms with E-state index in [1.54, 1.807) is 0 Å². The molecule has 1 nitrogen and oxygen atoms in total. The highest BCUT2D eigenvalue weighted by Gasteiger charge is 2.12. The molecule has 2 aromatic carbocycles. The van der Waals surface area contributed by atoms with Crippen molar-refractivity contribution in [3.05, 3.63) is 58.1 Å². The number of benzene rings is 2. The number of rotatable bonds is 2. The normalized spacial score (nSPS) is 10.6. The topological polar surface area (TPSA) is 3.24 Å². The van der Waals surface area contributed by atoms with Crippen LogP contribution in [0.1, 0.15) is 27.8 Å². The smallest absolute Gasteiger partial charge is 0.0646 e. The summed E-state index contributed by atoms with van der Waals surface area (Å²) in [6.07, 6.45) is 0. The Labute approximate surface area is 130 Å². The molecule has 0 amide bonds. The second kappa shape index (κ2) is 5.53. The third-order valence-electron chi connectivity index (χ3n) is 3.59. The maximum atomic E-state index is 2.40. The first-order valence-corrected chi connectivity index (χ1v) is 7.47. The molecule has 0 atom stereocenters. The molecule has 19 heavy (non-hydrogen) atoms. The van der Waals surface area contributed by atoms with E-state index in [1.165, 1.54) is 39.2 Å². The van der Waals surface area contributed by atoms with Gasteiger partial charge in [-0.1, -0.05) is 23.8 Å². The Balaban J connectivity index is 2.49. The zero-order valence-corrected chi connectivity index (χ0v) is 14.4. The molecule has 0 N–H and O–H groups in total. The maximum absolute atomic E-state index is 2.40. The van der Waals surface area contributed by atoms with Crippen molar-refractivity contribution in [1.29, 1.82) is 0 Å². The van der Waals surface area contributed by atoms with Gasteiger partial charge in [0.25, 0.3) is 0 Å². The van der Waals surface area contributed by atoms with Gasteiger partial charge < -0.3 is 0 Å². The SMILES string of the molecule is Cc1ccc(N(I)c2cc(C)c(C)cc2C)c(C)c1. The molecule has 2 aromatic rings. The Kier molecular flexibility index (Phi) is 4.19. The standard InChI is InChI=1S/C17H20IN/c1-11-6-7-16(14(4)8-11)19(18)17-10-13(3)12(2)9-15(17)5/h6-10H,1-5H3. The third-order valence-corrected chi connectivity index (χ3v) is 4.63. The molecule has 0 bridgehead atoms. The van der Waals surface area contributed by atoms with E-state index in [0.717, 1.165) is 0 Å². The van der Waals surface area contributed by atoms with Crippen LogP contribution < -0.4 is 3.11 Å². The van der Waals surface area contributed by atoms with Crippen molar-refractivity contribution in [3.63, 3.8) is 0 Å². The fourth-order valence-electron chi connectivity index (χ4n) is 2.31. The lowest BCUT2D eigenvalue weighted by Gasteiger charge is -2.22. The number of nitrogens with zero attached hydrogens (tertiary/aromatic N) is 1. The second-order valence-electron chi connectivity index (χ2n) is 5.29. The van der Waals surface area contributed by atoms with E-state index in [-0.39, 0.29) is 0 Å². The fraction of sp³-hybridized carbons (Fsp3) is 0.294. The summed E-state index contributed by atoms with van der Waals surface area (Å²) in [5, 5.41) is 0. The summed E-state index contributed by atoms with van der Waals surface area (Å²) in [7, 11) is 0. The highest BCUT2D eigenvalue weighted by atomic mass is 127. The van der Waals surface area contributed by atoms with Gasteiger partial charge >= 0.3 is 0 Å². The van der Waals surface area contributed by atoms with Gasteiger partial charge in [0.05, 0.1) is 34.2 Å². The van der Waals surface area contributed by atoms with E-state index in [4.69, 9.17) is 0 Å². The predicted octanol–water partition coefficient (Wildman–Crippen LogP) is 5.72. The minimum atomic E-state index is 1.26. The lowest BCUT2D eigenvalue weighted by Crippen LogP contribution is -2.05. The summed E-state index contributed by atoms with van der Waals surface area (Å²) < 4.78 is 2.26. The van der Waals surface area contributed by atoms with Crippen LogP contribution in [0.2, 0.25) is 0 Å². The summed E-state index contributed by atoms with van der Waals surface area (Å²) in [5.41, 5.74) is 9.17. The molecule has 0 saturated carbocycles. The highest BCUT2D eigenvalue weighted by Crippen LogP contribution is 2.35. The first-order chi connectivity index (χ1) is 8.90. The van der Waals surface area contributed by atoms with Gasteiger partial charge in [-0.2, -0.15) is 0 Å². The lowest BCUT2D eigenvalue weighted by molar-refractivity contribution is 1.27. The number of hydrogen-bond donors (Lipinski definition) is 0. The number of hydrogen-bond acceptors (Lipinski definition) is 1. The van der Waals surface area contributed by atoms with Crippen LogP contribution >= 0.6 is 22.9 Å². The van der Waals surface area contributed by atoms with E-state index in [2.05, 4.69) is 90.9 Å². The molecule has 0 spiro atoms. The van der Waals surface area contributed by atoms with Crippen molar-refractivity contribution < 1.29 is 0 Å². The van der Waals surface area contributed by atoms with E-state index >= 15 is 0 Å². The van der Waals surface area contributed by atoms with Crippen LogP contribution in [-0.2, 0) is 0 Å². The first kappa shape index (κ1) is 14.4. The lowest BCUT2D eigenvalue weighted by atomic mass is 10.0. The average molecular weight is 365 g/mol. The molecule has 0 saturated heterocycles. The van der Waals surface area contributed by atoms with Crippen LogP contribution in [0.15, 0.2) is 30.3 Å². The zero-order chi connectivity index (χ0) is 14.2. The van der Waals surface area contributed by atoms with Gasteiger partial charge in [-0.3, -0.25) is 3.11 Å². The Morgan fingerprint density at radius 2 is 1.26 bits per heavy atom. The molecular formula is C17H20IN. The van der Waals surface area contributed by atoms with E-state index in [9.17, 15) is 0 Å². The van der Waals surface area contributed by atoms with E-state index < -0.39 is 0 Å². The molecule has 0 unspecified atom stereocenters. The Hall–Kier alpha value is -1.03. The monoisotopic (exact) mass is 365 g/mol. The van der Waals surface area contributed by atoms with Gasteiger partial charge in [-0.05, 0) is 69.0 Å². The number of anilines is 2. The maximum Gasteiger partial charge on any atom is 0.0646 e. The van der Waals surface area contributed by atoms with E-state index in [0.29, 0.717) is 0 Å². The van der Waals surface area contributed by atoms with Gasteiger partial charge in [0, 0.05) is 0 Å². The molecule has 0 aromatic heterocycles. The average Bonchev–Trinajstić information content (AvgIpc) is 2.33. The molecule has 2 rings (SSSR count). The van der Waals surface area contributed by atoms with Gasteiger partial charge in [-0.15, -0.1) is 0 Å². The molecule has 0 aliphatic heterocycles. The molecule has 0 fully saturated rings. The first-order valence-electron chi connectivity index (χ1n) is 6.51. The van der Waals surface area contributed by atoms with Crippen molar-refractivity contribution in [1.82, 2.24) is 0 Å². The van der Waals surface area contributed by atoms with Crippen molar-refractivity contribution in [3.8, 4) is 0 Å². The highest BCUT2D eigenvalue weighted by molar-refractivity contribution is 14.1. The molecule has 0 aliphatic rings. The van der Waals surface area contributed by atoms with Gasteiger partial charge in [0.1, 0.15) is 0 Å². The molecule has 0 heterocycles. The number of aryl methyl sites for hydroxylation is 5. The quantitative estimate of drug-likeness (QED) is 0.486. The van der Waals surface area contributed by atoms with E-state index in [1.807, 2.05) is 0 Å². The largest absolute Gasteiger partial charge is 0.282 e. The van der Waals surface area contributed by atoms with Crippen molar-refractivity contribution >= 4 is 34.2 Å². The van der Waals surface area contributed by atoms with Crippen molar-refractivity contribution in [2.45, 2.75) is 34.6 Å². The van der Waals surface area contributed by atoms with Crippen LogP contribution in [0, 0.1) is 34.6 Å². The molecule has 0 radical (unpaired) electrons. The zero-order valence-electron chi connectivity index (χ0n) is 12.2.